The van der Waals surface area contributed by atoms with Crippen molar-refractivity contribution in [2.24, 2.45) is 4.99 Å². The molecule has 1 aliphatic rings. The van der Waals surface area contributed by atoms with Crippen LogP contribution < -0.4 is 4.74 Å². The van der Waals surface area contributed by atoms with Crippen LogP contribution >= 0.6 is 40.5 Å². The summed E-state index contributed by atoms with van der Waals surface area (Å²) in [5, 5.41) is 38.5. The zero-order valence-electron chi connectivity index (χ0n) is 13.1. The molecule has 0 fully saturated rings. The van der Waals surface area contributed by atoms with Crippen LogP contribution in [0.1, 0.15) is 5.56 Å². The molecule has 0 bridgehead atoms. The molecule has 0 spiro atoms. The highest BCUT2D eigenvalue weighted by Gasteiger charge is 2.36. The Kier molecular flexibility index (Phi) is 12.6. The molecule has 0 aliphatic heterocycles. The third-order valence-corrected chi connectivity index (χ3v) is 3.48. The predicted molar refractivity (Wildman–Crippen MR) is 109 cm³/mol. The minimum atomic E-state index is -1.37. The van der Waals surface area contributed by atoms with E-state index in [0.29, 0.717) is 0 Å². The summed E-state index contributed by atoms with van der Waals surface area (Å²) in [5.74, 6) is 0.728. The first-order valence-electron chi connectivity index (χ1n) is 6.59. The predicted octanol–water partition coefficient (Wildman–Crippen LogP) is -0.164. The topological polar surface area (TPSA) is 103 Å². The Hall–Kier alpha value is -0.680. The van der Waals surface area contributed by atoms with Gasteiger partial charge in [0.2, 0.25) is 0 Å². The van der Waals surface area contributed by atoms with Gasteiger partial charge in [-0.15, -0.1) is 0 Å². The van der Waals surface area contributed by atoms with Gasteiger partial charge in [0.05, 0.1) is 19.8 Å². The third-order valence-electron chi connectivity index (χ3n) is 3.48. The Morgan fingerprint density at radius 1 is 1.04 bits per heavy atom. The van der Waals surface area contributed by atoms with E-state index in [2.05, 4.69) is 4.99 Å². The van der Waals surface area contributed by atoms with Crippen LogP contribution in [0, 0.1) is 0 Å². The van der Waals surface area contributed by atoms with Gasteiger partial charge in [0.1, 0.15) is 24.1 Å². The average molecular weight is 396 g/mol. The Morgan fingerprint density at radius 2 is 1.62 bits per heavy atom. The molecule has 1 aromatic rings. The van der Waals surface area contributed by atoms with E-state index in [0.717, 1.165) is 11.3 Å². The second-order valence-electron chi connectivity index (χ2n) is 4.87. The monoisotopic (exact) mass is 395 g/mol. The minimum Gasteiger partial charge on any atom is -0.497 e. The quantitative estimate of drug-likeness (QED) is 0.419. The van der Waals surface area contributed by atoms with Gasteiger partial charge in [-0.05, 0) is 35.4 Å². The van der Waals surface area contributed by atoms with Gasteiger partial charge in [-0.2, -0.15) is 40.5 Å². The molecule has 1 aromatic carbocycles. The summed E-state index contributed by atoms with van der Waals surface area (Å²) in [6.07, 6.45) is -0.817. The highest BCUT2D eigenvalue weighted by molar-refractivity contribution is 7.59. The molecular weight excluding hydrogens is 370 g/mol. The first kappa shape index (κ1) is 25.6. The van der Waals surface area contributed by atoms with Gasteiger partial charge < -0.3 is 25.2 Å². The molecule has 0 radical (unpaired) electrons. The van der Waals surface area contributed by atoms with E-state index < -0.39 is 24.4 Å². The van der Waals surface area contributed by atoms with Gasteiger partial charge in [-0.25, -0.2) is 0 Å². The highest BCUT2D eigenvalue weighted by Crippen LogP contribution is 2.22. The molecule has 0 heterocycles. The van der Waals surface area contributed by atoms with Crippen molar-refractivity contribution in [1.29, 1.82) is 0 Å². The molecule has 1 unspecified atom stereocenters. The lowest BCUT2D eigenvalue weighted by Crippen LogP contribution is -2.48. The summed E-state index contributed by atoms with van der Waals surface area (Å²) in [5.41, 5.74) is 1.06. The van der Waals surface area contributed by atoms with Crippen molar-refractivity contribution in [2.45, 2.75) is 24.4 Å². The molecular formula is C15H25NO5S3. The zero-order chi connectivity index (χ0) is 15.4. The molecule has 1 aliphatic carbocycles. The zero-order valence-corrected chi connectivity index (χ0v) is 16.1. The van der Waals surface area contributed by atoms with Crippen LogP contribution in [0.2, 0.25) is 0 Å². The van der Waals surface area contributed by atoms with Gasteiger partial charge in [-0.3, -0.25) is 4.99 Å². The minimum absolute atomic E-state index is 0. The van der Waals surface area contributed by atoms with Crippen molar-refractivity contribution in [3.05, 3.63) is 41.5 Å². The lowest BCUT2D eigenvalue weighted by atomic mass is 9.88. The maximum Gasteiger partial charge on any atom is 0.118 e. The summed E-state index contributed by atoms with van der Waals surface area (Å²) in [7, 11) is 1.58. The van der Waals surface area contributed by atoms with Gasteiger partial charge in [-0.1, -0.05) is 6.08 Å². The molecule has 9 heteroatoms. The van der Waals surface area contributed by atoms with Gasteiger partial charge >= 0.3 is 0 Å². The maximum absolute atomic E-state index is 9.91. The fourth-order valence-corrected chi connectivity index (χ4v) is 2.16. The third kappa shape index (κ3) is 5.99. The Labute approximate surface area is 162 Å². The Balaban J connectivity index is 0. The van der Waals surface area contributed by atoms with Crippen LogP contribution in [-0.4, -0.2) is 64.7 Å². The van der Waals surface area contributed by atoms with Crippen LogP contribution in [0.15, 0.2) is 40.9 Å². The lowest BCUT2D eigenvalue weighted by Gasteiger charge is -2.32. The van der Waals surface area contributed by atoms with E-state index >= 15 is 0 Å². The van der Waals surface area contributed by atoms with Gasteiger partial charge in [0.25, 0.3) is 0 Å². The SMILES string of the molecule is COc1ccc(C=N[C@H]2C=C(CO)[C@@H](O)C(O)[C@H]2O)cc1.S.S.S. The molecule has 2 rings (SSSR count). The van der Waals surface area contributed by atoms with Crippen molar-refractivity contribution >= 4 is 46.7 Å². The second-order valence-corrected chi connectivity index (χ2v) is 4.87. The van der Waals surface area contributed by atoms with Gasteiger partial charge in [0, 0.05) is 6.21 Å². The van der Waals surface area contributed by atoms with Crippen molar-refractivity contribution in [3.63, 3.8) is 0 Å². The largest absolute Gasteiger partial charge is 0.497 e. The molecule has 0 saturated carbocycles. The number of benzene rings is 1. The average Bonchev–Trinajstić information content (AvgIpc) is 2.52. The smallest absolute Gasteiger partial charge is 0.118 e. The van der Waals surface area contributed by atoms with Crippen molar-refractivity contribution in [1.82, 2.24) is 0 Å². The maximum atomic E-state index is 9.91. The molecule has 4 N–H and O–H groups in total. The first-order chi connectivity index (χ1) is 10.1. The fraction of sp³-hybridized carbons (Fsp3) is 0.400. The number of hydrogen-bond acceptors (Lipinski definition) is 6. The number of hydrogen-bond donors (Lipinski definition) is 4. The molecule has 4 atom stereocenters. The molecule has 138 valence electrons. The summed E-state index contributed by atoms with van der Waals surface area (Å²) in [4.78, 5) is 4.20. The normalized spacial score (nSPS) is 25.8. The van der Waals surface area contributed by atoms with Crippen LogP contribution in [0.5, 0.6) is 5.75 Å². The summed E-state index contributed by atoms with van der Waals surface area (Å²) in [6, 6.07) is 6.46. The van der Waals surface area contributed by atoms with E-state index in [1.165, 1.54) is 6.08 Å². The van der Waals surface area contributed by atoms with Crippen LogP contribution in [-0.2, 0) is 0 Å². The van der Waals surface area contributed by atoms with Crippen LogP contribution in [0.4, 0.5) is 0 Å². The number of aliphatic hydroxyl groups excluding tert-OH is 4. The Morgan fingerprint density at radius 3 is 2.12 bits per heavy atom. The number of aliphatic hydroxyl groups is 4. The van der Waals surface area contributed by atoms with Crippen LogP contribution in [0.3, 0.4) is 0 Å². The van der Waals surface area contributed by atoms with E-state index in [4.69, 9.17) is 9.84 Å². The number of nitrogens with zero attached hydrogens (tertiary/aromatic N) is 1. The fourth-order valence-electron chi connectivity index (χ4n) is 2.16. The first-order valence-corrected chi connectivity index (χ1v) is 6.59. The summed E-state index contributed by atoms with van der Waals surface area (Å²) in [6.45, 7) is -0.389. The Bertz CT molecular complexity index is 538. The summed E-state index contributed by atoms with van der Waals surface area (Å²) < 4.78 is 5.05. The van der Waals surface area contributed by atoms with E-state index in [9.17, 15) is 15.3 Å². The van der Waals surface area contributed by atoms with Crippen LogP contribution in [0.25, 0.3) is 0 Å². The second kappa shape index (κ2) is 11.8. The van der Waals surface area contributed by atoms with E-state index in [1.54, 1.807) is 37.6 Å². The van der Waals surface area contributed by atoms with E-state index in [-0.39, 0.29) is 52.7 Å². The lowest BCUT2D eigenvalue weighted by molar-refractivity contribution is -0.0592. The van der Waals surface area contributed by atoms with Gasteiger partial charge in [0.15, 0.2) is 0 Å². The molecule has 0 saturated heterocycles. The van der Waals surface area contributed by atoms with Crippen molar-refractivity contribution < 1.29 is 25.2 Å². The molecule has 6 nitrogen and oxygen atoms in total. The van der Waals surface area contributed by atoms with Crippen molar-refractivity contribution in [2.75, 3.05) is 13.7 Å². The number of aliphatic imine (C=N–C) groups is 1. The highest BCUT2D eigenvalue weighted by atomic mass is 32.1. The van der Waals surface area contributed by atoms with Crippen molar-refractivity contribution in [3.8, 4) is 5.75 Å². The number of methoxy groups -OCH3 is 1. The molecule has 0 aromatic heterocycles. The number of rotatable bonds is 4. The molecule has 0 amide bonds. The molecule has 24 heavy (non-hydrogen) atoms. The standard InChI is InChI=1S/C15H19NO5.3H2S/c1-21-11-4-2-9(3-5-11)7-16-12-6-10(8-17)13(18)15(20)14(12)19;;;/h2-7,12-15,17-20H,8H2,1H3;3*1H2/t12-,13+,14-,15?;;;/m0.../s1. The number of ether oxygens (including phenoxy) is 1. The van der Waals surface area contributed by atoms with E-state index in [1.807, 2.05) is 0 Å². The summed E-state index contributed by atoms with van der Waals surface area (Å²) >= 11 is 0.